The Morgan fingerprint density at radius 3 is 2.70 bits per heavy atom. The molecule has 0 aliphatic carbocycles. The number of hydrogen-bond donors (Lipinski definition) is 2. The minimum Gasteiger partial charge on any atom is -0.486 e. The predicted octanol–water partition coefficient (Wildman–Crippen LogP) is 1.79. The highest BCUT2D eigenvalue weighted by Crippen LogP contribution is 2.43. The molecule has 0 amide bonds. The Hall–Kier alpha value is -1.79. The Labute approximate surface area is 120 Å². The van der Waals surface area contributed by atoms with E-state index < -0.39 is 12.0 Å². The largest absolute Gasteiger partial charge is 0.486 e. The molecule has 0 aromatic heterocycles. The third-order valence-electron chi connectivity index (χ3n) is 3.02. The van der Waals surface area contributed by atoms with Crippen LogP contribution < -0.4 is 15.2 Å². The second-order valence-electron chi connectivity index (χ2n) is 4.37. The molecule has 1 unspecified atom stereocenters. The maximum Gasteiger partial charge on any atom is 0.303 e. The number of ether oxygens (including phenoxy) is 2. The number of halogens is 1. The SMILES string of the molecule is NC(CCC(=O)O)c1cc(Cl)c(C=O)c2c1OCCO2. The van der Waals surface area contributed by atoms with Gasteiger partial charge in [-0.25, -0.2) is 0 Å². The number of benzene rings is 1. The van der Waals surface area contributed by atoms with Crippen LogP contribution in [0.15, 0.2) is 6.07 Å². The molecule has 3 N–H and O–H groups in total. The Balaban J connectivity index is 2.40. The summed E-state index contributed by atoms with van der Waals surface area (Å²) < 4.78 is 10.9. The summed E-state index contributed by atoms with van der Waals surface area (Å²) in [7, 11) is 0. The summed E-state index contributed by atoms with van der Waals surface area (Å²) >= 11 is 6.03. The van der Waals surface area contributed by atoms with Crippen LogP contribution in [0.25, 0.3) is 0 Å². The molecule has 0 spiro atoms. The summed E-state index contributed by atoms with van der Waals surface area (Å²) in [6.07, 6.45) is 0.772. The topological polar surface area (TPSA) is 98.9 Å². The molecule has 0 saturated heterocycles. The molecule has 0 radical (unpaired) electrons. The van der Waals surface area contributed by atoms with Gasteiger partial charge in [-0.05, 0) is 12.5 Å². The van der Waals surface area contributed by atoms with Gasteiger partial charge < -0.3 is 20.3 Å². The summed E-state index contributed by atoms with van der Waals surface area (Å²) in [4.78, 5) is 21.7. The van der Waals surface area contributed by atoms with Crippen LogP contribution in [-0.2, 0) is 4.79 Å². The molecule has 1 aromatic carbocycles. The smallest absolute Gasteiger partial charge is 0.303 e. The summed E-state index contributed by atoms with van der Waals surface area (Å²) in [5.74, 6) is -0.276. The van der Waals surface area contributed by atoms with E-state index in [0.29, 0.717) is 30.8 Å². The highest BCUT2D eigenvalue weighted by Gasteiger charge is 2.25. The first-order chi connectivity index (χ1) is 9.54. The van der Waals surface area contributed by atoms with E-state index in [9.17, 15) is 9.59 Å². The summed E-state index contributed by atoms with van der Waals surface area (Å²) in [5, 5.41) is 8.91. The van der Waals surface area contributed by atoms with Gasteiger partial charge in [0.2, 0.25) is 0 Å². The fraction of sp³-hybridized carbons (Fsp3) is 0.385. The van der Waals surface area contributed by atoms with Crippen molar-refractivity contribution in [3.8, 4) is 11.5 Å². The van der Waals surface area contributed by atoms with Crippen molar-refractivity contribution >= 4 is 23.9 Å². The number of carbonyl (C=O) groups excluding carboxylic acids is 1. The third kappa shape index (κ3) is 2.86. The van der Waals surface area contributed by atoms with Crippen LogP contribution in [-0.4, -0.2) is 30.6 Å². The van der Waals surface area contributed by atoms with Crippen LogP contribution in [0.3, 0.4) is 0 Å². The van der Waals surface area contributed by atoms with Crippen molar-refractivity contribution in [2.24, 2.45) is 5.73 Å². The van der Waals surface area contributed by atoms with Crippen molar-refractivity contribution in [1.29, 1.82) is 0 Å². The average Bonchev–Trinajstić information content (AvgIpc) is 2.44. The lowest BCUT2D eigenvalue weighted by Crippen LogP contribution is -2.21. The van der Waals surface area contributed by atoms with Gasteiger partial charge in [0, 0.05) is 18.0 Å². The lowest BCUT2D eigenvalue weighted by molar-refractivity contribution is -0.137. The van der Waals surface area contributed by atoms with Crippen LogP contribution in [0, 0.1) is 0 Å². The zero-order chi connectivity index (χ0) is 14.7. The lowest BCUT2D eigenvalue weighted by atomic mass is 9.99. The van der Waals surface area contributed by atoms with Crippen LogP contribution in [0.1, 0.15) is 34.8 Å². The summed E-state index contributed by atoms with van der Waals surface area (Å²) in [6.45, 7) is 0.656. The van der Waals surface area contributed by atoms with Crippen molar-refractivity contribution in [3.05, 3.63) is 22.2 Å². The number of nitrogens with two attached hydrogens (primary N) is 1. The van der Waals surface area contributed by atoms with Crippen LogP contribution in [0.2, 0.25) is 5.02 Å². The van der Waals surface area contributed by atoms with Gasteiger partial charge >= 0.3 is 5.97 Å². The molecule has 7 heteroatoms. The van der Waals surface area contributed by atoms with Crippen molar-refractivity contribution in [2.75, 3.05) is 13.2 Å². The van der Waals surface area contributed by atoms with E-state index in [2.05, 4.69) is 0 Å². The number of rotatable bonds is 5. The minimum atomic E-state index is -0.929. The number of aldehydes is 1. The zero-order valence-corrected chi connectivity index (χ0v) is 11.4. The molecule has 1 heterocycles. The van der Waals surface area contributed by atoms with Crippen molar-refractivity contribution < 1.29 is 24.2 Å². The van der Waals surface area contributed by atoms with E-state index in [1.54, 1.807) is 0 Å². The Bertz CT molecular complexity index is 546. The second kappa shape index (κ2) is 6.11. The van der Waals surface area contributed by atoms with E-state index in [1.165, 1.54) is 6.07 Å². The lowest BCUT2D eigenvalue weighted by Gasteiger charge is -2.25. The highest BCUT2D eigenvalue weighted by atomic mass is 35.5. The highest BCUT2D eigenvalue weighted by molar-refractivity contribution is 6.33. The Morgan fingerprint density at radius 2 is 2.10 bits per heavy atom. The van der Waals surface area contributed by atoms with Gasteiger partial charge in [0.25, 0.3) is 0 Å². The van der Waals surface area contributed by atoms with Gasteiger partial charge in [0.15, 0.2) is 17.8 Å². The zero-order valence-electron chi connectivity index (χ0n) is 10.6. The molecule has 1 aliphatic rings. The van der Waals surface area contributed by atoms with Gasteiger partial charge in [-0.1, -0.05) is 11.6 Å². The molecule has 2 rings (SSSR count). The van der Waals surface area contributed by atoms with Crippen molar-refractivity contribution in [2.45, 2.75) is 18.9 Å². The van der Waals surface area contributed by atoms with Crippen LogP contribution >= 0.6 is 11.6 Å². The molecule has 0 fully saturated rings. The maximum absolute atomic E-state index is 11.1. The number of carboxylic acid groups (broad SMARTS) is 1. The first kappa shape index (κ1) is 14.6. The molecular formula is C13H14ClNO5. The van der Waals surface area contributed by atoms with Gasteiger partial charge in [-0.3, -0.25) is 9.59 Å². The van der Waals surface area contributed by atoms with Gasteiger partial charge in [0.05, 0.1) is 10.6 Å². The Kier molecular flexibility index (Phi) is 4.46. The van der Waals surface area contributed by atoms with E-state index in [1.807, 2.05) is 0 Å². The second-order valence-corrected chi connectivity index (χ2v) is 4.78. The van der Waals surface area contributed by atoms with E-state index in [0.717, 1.165) is 0 Å². The monoisotopic (exact) mass is 299 g/mol. The first-order valence-electron chi connectivity index (χ1n) is 6.09. The molecule has 108 valence electrons. The molecule has 1 aromatic rings. The quantitative estimate of drug-likeness (QED) is 0.804. The Morgan fingerprint density at radius 1 is 1.45 bits per heavy atom. The number of carbonyl (C=O) groups is 2. The first-order valence-corrected chi connectivity index (χ1v) is 6.47. The molecule has 1 aliphatic heterocycles. The summed E-state index contributed by atoms with van der Waals surface area (Å²) in [6, 6.07) is 0.977. The average molecular weight is 300 g/mol. The van der Waals surface area contributed by atoms with Gasteiger partial charge in [0.1, 0.15) is 13.2 Å². The number of aliphatic carboxylic acids is 1. The van der Waals surface area contributed by atoms with Crippen LogP contribution in [0.4, 0.5) is 0 Å². The fourth-order valence-electron chi connectivity index (χ4n) is 2.04. The number of carboxylic acids is 1. The number of hydrogen-bond acceptors (Lipinski definition) is 5. The van der Waals surface area contributed by atoms with Crippen molar-refractivity contribution in [3.63, 3.8) is 0 Å². The molecule has 20 heavy (non-hydrogen) atoms. The number of fused-ring (bicyclic) bond motifs is 1. The van der Waals surface area contributed by atoms with Crippen molar-refractivity contribution in [1.82, 2.24) is 0 Å². The minimum absolute atomic E-state index is 0.0656. The molecular weight excluding hydrogens is 286 g/mol. The van der Waals surface area contributed by atoms with Crippen LogP contribution in [0.5, 0.6) is 11.5 Å². The molecule has 1 atom stereocenters. The normalized spacial score (nSPS) is 14.7. The van der Waals surface area contributed by atoms with E-state index in [-0.39, 0.29) is 29.2 Å². The molecule has 6 nitrogen and oxygen atoms in total. The third-order valence-corrected chi connectivity index (χ3v) is 3.33. The molecule has 0 saturated carbocycles. The fourth-order valence-corrected chi connectivity index (χ4v) is 2.29. The summed E-state index contributed by atoms with van der Waals surface area (Å²) in [5.41, 5.74) is 6.75. The van der Waals surface area contributed by atoms with Gasteiger partial charge in [-0.15, -0.1) is 0 Å². The predicted molar refractivity (Wildman–Crippen MR) is 71.6 cm³/mol. The van der Waals surface area contributed by atoms with E-state index in [4.69, 9.17) is 31.9 Å². The maximum atomic E-state index is 11.1. The van der Waals surface area contributed by atoms with Gasteiger partial charge in [-0.2, -0.15) is 0 Å². The standard InChI is InChI=1S/C13H14ClNO5/c14-9-5-7(10(15)1-2-11(17)18)12-13(8(9)6-16)20-4-3-19-12/h5-6,10H,1-4,15H2,(H,17,18). The van der Waals surface area contributed by atoms with E-state index >= 15 is 0 Å². The molecule has 0 bridgehead atoms.